The van der Waals surface area contributed by atoms with Crippen molar-refractivity contribution < 1.29 is 32.7 Å². The Hall–Kier alpha value is -1.33. The Morgan fingerprint density at radius 3 is 1.92 bits per heavy atom. The van der Waals surface area contributed by atoms with E-state index in [1.54, 1.807) is 0 Å². The molecule has 2 unspecified atom stereocenters. The monoisotopic (exact) mass is 404 g/mol. The molecule has 150 valence electrons. The maximum absolute atomic E-state index is 12.7. The van der Waals surface area contributed by atoms with Crippen molar-refractivity contribution in [2.75, 3.05) is 14.2 Å². The van der Waals surface area contributed by atoms with Gasteiger partial charge in [-0.05, 0) is 52.6 Å². The predicted molar refractivity (Wildman–Crippen MR) is 103 cm³/mol. The van der Waals surface area contributed by atoms with E-state index in [0.29, 0.717) is 6.42 Å². The molecule has 0 bridgehead atoms. The second-order valence-corrected chi connectivity index (χ2v) is 16.9. The first-order chi connectivity index (χ1) is 11.7. The zero-order valence-corrected chi connectivity index (χ0v) is 19.3. The van der Waals surface area contributed by atoms with Crippen molar-refractivity contribution in [1.29, 1.82) is 0 Å². The fourth-order valence-electron chi connectivity index (χ4n) is 2.60. The van der Waals surface area contributed by atoms with Crippen LogP contribution >= 0.6 is 0 Å². The van der Waals surface area contributed by atoms with Gasteiger partial charge in [-0.3, -0.25) is 0 Å². The molecule has 0 saturated carbocycles. The third-order valence-electron chi connectivity index (χ3n) is 3.31. The standard InChI is InChI=1S/C16H32N2O6Si2/c1-12(23-25(4,5)6)10-11-16(15(20)22-3,24-26(7,8)9)13(18-17)14(19)21-2/h12H,10-11H2,1-9H3. The van der Waals surface area contributed by atoms with Crippen molar-refractivity contribution in [2.24, 2.45) is 0 Å². The molecule has 8 nitrogen and oxygen atoms in total. The van der Waals surface area contributed by atoms with Crippen LogP contribution in [-0.4, -0.2) is 65.0 Å². The molecule has 0 fully saturated rings. The first-order valence-corrected chi connectivity index (χ1v) is 15.3. The third kappa shape index (κ3) is 7.50. The minimum Gasteiger partial charge on any atom is -0.466 e. The van der Waals surface area contributed by atoms with Crippen LogP contribution in [-0.2, 0) is 27.9 Å². The van der Waals surface area contributed by atoms with E-state index in [1.165, 1.54) is 7.11 Å². The molecule has 0 radical (unpaired) electrons. The Balaban J connectivity index is 6.00. The summed E-state index contributed by atoms with van der Waals surface area (Å²) >= 11 is 0. The van der Waals surface area contributed by atoms with Gasteiger partial charge in [-0.25, -0.2) is 9.59 Å². The van der Waals surface area contributed by atoms with Crippen LogP contribution in [0.5, 0.6) is 0 Å². The minimum atomic E-state index is -2.36. The van der Waals surface area contributed by atoms with Gasteiger partial charge in [0, 0.05) is 12.5 Å². The summed E-state index contributed by atoms with van der Waals surface area (Å²) in [7, 11) is -1.81. The molecule has 0 aromatic heterocycles. The van der Waals surface area contributed by atoms with Crippen LogP contribution in [0.1, 0.15) is 19.8 Å². The van der Waals surface area contributed by atoms with Gasteiger partial charge in [-0.1, -0.05) is 0 Å². The Kier molecular flexibility index (Phi) is 9.08. The number of ether oxygens (including phenoxy) is 2. The second-order valence-electron chi connectivity index (χ2n) is 8.05. The van der Waals surface area contributed by atoms with E-state index in [-0.39, 0.29) is 12.5 Å². The lowest BCUT2D eigenvalue weighted by atomic mass is 9.90. The van der Waals surface area contributed by atoms with E-state index in [9.17, 15) is 15.1 Å². The van der Waals surface area contributed by atoms with Crippen molar-refractivity contribution >= 4 is 34.3 Å². The molecule has 0 aromatic carbocycles. The van der Waals surface area contributed by atoms with Gasteiger partial charge in [0.1, 0.15) is 0 Å². The number of esters is 2. The summed E-state index contributed by atoms with van der Waals surface area (Å²) in [6.07, 6.45) is 0.290. The SMILES string of the molecule is COC(=O)C(=[N+]=[N-])C(CCC(C)O[Si](C)(C)C)(O[Si](C)(C)C)C(=O)OC. The van der Waals surface area contributed by atoms with E-state index < -0.39 is 39.9 Å². The molecule has 26 heavy (non-hydrogen) atoms. The Morgan fingerprint density at radius 1 is 1.04 bits per heavy atom. The number of hydrogen-bond donors (Lipinski definition) is 0. The van der Waals surface area contributed by atoms with Gasteiger partial charge < -0.3 is 23.9 Å². The molecule has 0 saturated heterocycles. The largest absolute Gasteiger partial charge is 0.466 e. The highest BCUT2D eigenvalue weighted by Gasteiger charge is 2.58. The van der Waals surface area contributed by atoms with Gasteiger partial charge >= 0.3 is 17.7 Å². The van der Waals surface area contributed by atoms with E-state index in [0.717, 1.165) is 7.11 Å². The zero-order valence-electron chi connectivity index (χ0n) is 17.3. The maximum atomic E-state index is 12.7. The fourth-order valence-corrected chi connectivity index (χ4v) is 5.25. The van der Waals surface area contributed by atoms with Crippen molar-refractivity contribution in [3.63, 3.8) is 0 Å². The number of methoxy groups -OCH3 is 2. The molecule has 0 aliphatic rings. The van der Waals surface area contributed by atoms with Gasteiger partial charge in [0.15, 0.2) is 16.6 Å². The quantitative estimate of drug-likeness (QED) is 0.182. The maximum Gasteiger partial charge on any atom is 0.420 e. The molecular formula is C16H32N2O6Si2. The summed E-state index contributed by atoms with van der Waals surface area (Å²) < 4.78 is 21.6. The van der Waals surface area contributed by atoms with Crippen molar-refractivity contribution in [3.05, 3.63) is 5.53 Å². The van der Waals surface area contributed by atoms with Gasteiger partial charge in [0.05, 0.1) is 14.2 Å². The Morgan fingerprint density at radius 2 is 1.58 bits per heavy atom. The third-order valence-corrected chi connectivity index (χ3v) is 5.38. The lowest BCUT2D eigenvalue weighted by Crippen LogP contribution is -2.58. The average molecular weight is 405 g/mol. The summed E-state index contributed by atoms with van der Waals surface area (Å²) in [6, 6.07) is 0. The highest BCUT2D eigenvalue weighted by molar-refractivity contribution is 6.70. The van der Waals surface area contributed by atoms with Gasteiger partial charge in [0.2, 0.25) is 0 Å². The fraction of sp³-hybridized carbons (Fsp3) is 0.812. The molecule has 0 aromatic rings. The van der Waals surface area contributed by atoms with Crippen LogP contribution in [0.3, 0.4) is 0 Å². The van der Waals surface area contributed by atoms with E-state index in [4.69, 9.17) is 13.6 Å². The second kappa shape index (κ2) is 9.56. The van der Waals surface area contributed by atoms with Crippen LogP contribution in [0.25, 0.3) is 5.53 Å². The highest BCUT2D eigenvalue weighted by Crippen LogP contribution is 2.29. The molecule has 0 N–H and O–H groups in total. The normalized spacial score (nSPS) is 15.4. The molecular weight excluding hydrogens is 372 g/mol. The smallest absolute Gasteiger partial charge is 0.420 e. The average Bonchev–Trinajstić information content (AvgIpc) is 2.48. The van der Waals surface area contributed by atoms with Gasteiger partial charge in [-0.2, -0.15) is 4.79 Å². The summed E-state index contributed by atoms with van der Waals surface area (Å²) in [5, 5.41) is 0. The first kappa shape index (κ1) is 24.7. The van der Waals surface area contributed by atoms with Crippen LogP contribution < -0.4 is 0 Å². The molecule has 10 heteroatoms. The summed E-state index contributed by atoms with van der Waals surface area (Å²) in [5.74, 6) is -1.76. The van der Waals surface area contributed by atoms with E-state index in [2.05, 4.69) is 29.2 Å². The van der Waals surface area contributed by atoms with E-state index >= 15 is 0 Å². The van der Waals surface area contributed by atoms with Crippen molar-refractivity contribution in [2.45, 2.75) is 70.8 Å². The number of carbonyl (C=O) groups is 2. The number of carbonyl (C=O) groups excluding carboxylic acids is 2. The van der Waals surface area contributed by atoms with E-state index in [1.807, 2.05) is 26.6 Å². The molecule has 0 heterocycles. The van der Waals surface area contributed by atoms with Crippen molar-refractivity contribution in [1.82, 2.24) is 0 Å². The molecule has 0 amide bonds. The molecule has 2 atom stereocenters. The highest BCUT2D eigenvalue weighted by atomic mass is 28.4. The van der Waals surface area contributed by atoms with Crippen LogP contribution in [0.15, 0.2) is 0 Å². The lowest BCUT2D eigenvalue weighted by Gasteiger charge is -2.34. The van der Waals surface area contributed by atoms with Crippen LogP contribution in [0.4, 0.5) is 0 Å². The topological polar surface area (TPSA) is 107 Å². The lowest BCUT2D eigenvalue weighted by molar-refractivity contribution is -0.161. The van der Waals surface area contributed by atoms with Crippen LogP contribution in [0, 0.1) is 0 Å². The zero-order chi connectivity index (χ0) is 20.8. The number of nitrogens with zero attached hydrogens (tertiary/aromatic N) is 2. The van der Waals surface area contributed by atoms with Gasteiger partial charge in [-0.15, -0.1) is 0 Å². The predicted octanol–water partition coefficient (Wildman–Crippen LogP) is 2.61. The number of rotatable bonds is 10. The van der Waals surface area contributed by atoms with Gasteiger partial charge in [0.25, 0.3) is 5.60 Å². The van der Waals surface area contributed by atoms with Crippen molar-refractivity contribution in [3.8, 4) is 0 Å². The molecule has 0 rings (SSSR count). The summed E-state index contributed by atoms with van der Waals surface area (Å²) in [6.45, 7) is 13.7. The number of hydrogen-bond acceptors (Lipinski definition) is 6. The molecule has 0 aliphatic carbocycles. The minimum absolute atomic E-state index is 0.0596. The first-order valence-electron chi connectivity index (χ1n) is 8.49. The Labute approximate surface area is 158 Å². The summed E-state index contributed by atoms with van der Waals surface area (Å²) in [5.41, 5.74) is 7.08. The Bertz CT molecular complexity index is 564. The summed E-state index contributed by atoms with van der Waals surface area (Å²) in [4.78, 5) is 27.9. The molecule has 0 aliphatic heterocycles. The molecule has 0 spiro atoms. The van der Waals surface area contributed by atoms with Crippen LogP contribution in [0.2, 0.25) is 39.3 Å².